The van der Waals surface area contributed by atoms with Crippen molar-refractivity contribution in [3.05, 3.63) is 48.6 Å². The highest BCUT2D eigenvalue weighted by Crippen LogP contribution is 2.43. The summed E-state index contributed by atoms with van der Waals surface area (Å²) < 4.78 is 32.8. The zero-order valence-electron chi connectivity index (χ0n) is 39.2. The molecule has 3 atom stereocenters. The largest absolute Gasteiger partial charge is 0.480 e. The average Bonchev–Trinajstić information content (AvgIpc) is 3.25. The maximum Gasteiger partial charge on any atom is 0.472 e. The number of allylic oxidation sites excluding steroid dienone is 8. The van der Waals surface area contributed by atoms with Crippen molar-refractivity contribution >= 4 is 25.7 Å². The number of phosphoric acid groups is 1. The Morgan fingerprint density at radius 3 is 1.34 bits per heavy atom. The Hall–Kier alpha value is -2.56. The number of carboxylic acids is 1. The van der Waals surface area contributed by atoms with E-state index in [0.717, 1.165) is 64.2 Å². The van der Waals surface area contributed by atoms with Gasteiger partial charge < -0.3 is 25.2 Å². The number of hydrogen-bond acceptors (Lipinski definition) is 9. The van der Waals surface area contributed by atoms with Crippen LogP contribution in [0.4, 0.5) is 0 Å². The topological polar surface area (TPSA) is 172 Å². The van der Waals surface area contributed by atoms with E-state index in [-0.39, 0.29) is 19.4 Å². The van der Waals surface area contributed by atoms with Crippen LogP contribution in [0.1, 0.15) is 219 Å². The fourth-order valence-corrected chi connectivity index (χ4v) is 7.48. The molecule has 0 radical (unpaired) electrons. The third-order valence-electron chi connectivity index (χ3n) is 10.6. The van der Waals surface area contributed by atoms with Gasteiger partial charge in [-0.3, -0.25) is 23.4 Å². The molecule has 0 heterocycles. The Morgan fingerprint density at radius 2 is 0.887 bits per heavy atom. The average molecular weight is 896 g/mol. The van der Waals surface area contributed by atoms with Crippen molar-refractivity contribution in [1.82, 2.24) is 0 Å². The van der Waals surface area contributed by atoms with Crippen LogP contribution in [0.5, 0.6) is 0 Å². The van der Waals surface area contributed by atoms with Crippen LogP contribution in [0.25, 0.3) is 0 Å². The Labute approximate surface area is 377 Å². The van der Waals surface area contributed by atoms with Crippen molar-refractivity contribution in [1.29, 1.82) is 0 Å². The van der Waals surface area contributed by atoms with E-state index < -0.39 is 51.1 Å². The van der Waals surface area contributed by atoms with E-state index in [1.54, 1.807) is 0 Å². The number of carbonyl (C=O) groups is 3. The lowest BCUT2D eigenvalue weighted by Gasteiger charge is -2.20. The molecule has 0 rings (SSSR count). The number of phosphoric ester groups is 1. The molecule has 0 amide bonds. The molecule has 11 nitrogen and oxygen atoms in total. The van der Waals surface area contributed by atoms with Gasteiger partial charge in [0.2, 0.25) is 0 Å². The van der Waals surface area contributed by atoms with Crippen LogP contribution < -0.4 is 5.73 Å². The van der Waals surface area contributed by atoms with Gasteiger partial charge in [-0.2, -0.15) is 0 Å². The Bertz CT molecular complexity index is 1240. The second-order valence-electron chi connectivity index (χ2n) is 16.6. The molecule has 0 saturated carbocycles. The first-order valence-electron chi connectivity index (χ1n) is 24.7. The van der Waals surface area contributed by atoms with Gasteiger partial charge in [-0.15, -0.1) is 0 Å². The van der Waals surface area contributed by atoms with Gasteiger partial charge >= 0.3 is 25.7 Å². The molecule has 360 valence electrons. The number of aliphatic carboxylic acids is 1. The minimum absolute atomic E-state index is 0.156. The molecule has 62 heavy (non-hydrogen) atoms. The molecule has 4 N–H and O–H groups in total. The highest BCUT2D eigenvalue weighted by atomic mass is 31.2. The summed E-state index contributed by atoms with van der Waals surface area (Å²) in [6.07, 6.45) is 51.8. The molecule has 0 spiro atoms. The van der Waals surface area contributed by atoms with E-state index in [9.17, 15) is 23.8 Å². The van der Waals surface area contributed by atoms with Gasteiger partial charge in [0.1, 0.15) is 12.6 Å². The third kappa shape index (κ3) is 44.1. The van der Waals surface area contributed by atoms with Crippen LogP contribution in [-0.2, 0) is 37.5 Å². The van der Waals surface area contributed by atoms with Gasteiger partial charge in [0, 0.05) is 12.8 Å². The highest BCUT2D eigenvalue weighted by Gasteiger charge is 2.28. The van der Waals surface area contributed by atoms with Crippen LogP contribution in [-0.4, -0.2) is 59.9 Å². The fourth-order valence-electron chi connectivity index (χ4n) is 6.70. The minimum atomic E-state index is -4.73. The van der Waals surface area contributed by atoms with Crippen molar-refractivity contribution in [3.63, 3.8) is 0 Å². The molecule has 0 fully saturated rings. The quantitative estimate of drug-likeness (QED) is 0.0230. The molecule has 0 aromatic rings. The lowest BCUT2D eigenvalue weighted by molar-refractivity contribution is -0.161. The van der Waals surface area contributed by atoms with E-state index in [2.05, 4.69) is 67.0 Å². The first kappa shape index (κ1) is 59.4. The summed E-state index contributed by atoms with van der Waals surface area (Å²) in [5.41, 5.74) is 5.35. The van der Waals surface area contributed by atoms with Crippen LogP contribution in [0.3, 0.4) is 0 Å². The lowest BCUT2D eigenvalue weighted by atomic mass is 10.0. The lowest BCUT2D eigenvalue weighted by Crippen LogP contribution is -2.34. The predicted octanol–water partition coefficient (Wildman–Crippen LogP) is 13.7. The van der Waals surface area contributed by atoms with Gasteiger partial charge in [-0.05, 0) is 51.4 Å². The zero-order chi connectivity index (χ0) is 45.6. The summed E-state index contributed by atoms with van der Waals surface area (Å²) in [5, 5.41) is 8.91. The SMILES string of the molecule is CCC/C=C/C/C=C/C/C=C/C/C=C/CCCCCC(=O)OC[C@H](COP(=O)(O)OC[C@H](N)C(=O)O)OC(=O)CCCCCCCCCCCCCCCCCCCCCCC. The first-order valence-corrected chi connectivity index (χ1v) is 26.2. The van der Waals surface area contributed by atoms with E-state index in [4.69, 9.17) is 24.8 Å². The molecule has 0 aromatic heterocycles. The van der Waals surface area contributed by atoms with Crippen molar-refractivity contribution in [3.8, 4) is 0 Å². The van der Waals surface area contributed by atoms with Gasteiger partial charge in [0.05, 0.1) is 13.2 Å². The number of unbranched alkanes of at least 4 members (excludes halogenated alkanes) is 24. The standard InChI is InChI=1S/C50H90NO10P/c1-3-5-7-9-11-13-15-17-19-21-22-23-24-26-28-30-32-34-36-38-40-42-49(53)61-46(44-59-62(56,57)60-45-47(51)50(54)55)43-58-48(52)41-39-37-35-33-31-29-27-25-20-18-16-14-12-10-8-6-4-2/h8,10,14,16,20,25,29,31,46-47H,3-7,9,11-13,15,17-19,21-24,26-28,30,32-45,51H2,1-2H3,(H,54,55)(H,56,57)/b10-8+,16-14+,25-20+,31-29+/t46-,47+/m1/s1. The van der Waals surface area contributed by atoms with Crippen LogP contribution in [0.2, 0.25) is 0 Å². The van der Waals surface area contributed by atoms with Crippen LogP contribution in [0, 0.1) is 0 Å². The molecular formula is C50H90NO10P. The Morgan fingerprint density at radius 1 is 0.500 bits per heavy atom. The van der Waals surface area contributed by atoms with Gasteiger partial charge in [-0.25, -0.2) is 4.57 Å². The molecule has 1 unspecified atom stereocenters. The Kier molecular flexibility index (Phi) is 43.2. The van der Waals surface area contributed by atoms with E-state index >= 15 is 0 Å². The number of carbonyl (C=O) groups excluding carboxylic acids is 2. The zero-order valence-corrected chi connectivity index (χ0v) is 40.1. The second-order valence-corrected chi connectivity index (χ2v) is 18.1. The molecule has 0 aliphatic rings. The monoisotopic (exact) mass is 896 g/mol. The third-order valence-corrected chi connectivity index (χ3v) is 11.5. The normalized spacial score (nSPS) is 14.0. The van der Waals surface area contributed by atoms with Gasteiger partial charge in [-0.1, -0.05) is 204 Å². The maximum atomic E-state index is 12.7. The summed E-state index contributed by atoms with van der Waals surface area (Å²) >= 11 is 0. The smallest absolute Gasteiger partial charge is 0.472 e. The molecule has 12 heteroatoms. The highest BCUT2D eigenvalue weighted by molar-refractivity contribution is 7.47. The number of ether oxygens (including phenoxy) is 2. The van der Waals surface area contributed by atoms with Crippen LogP contribution >= 0.6 is 7.82 Å². The van der Waals surface area contributed by atoms with Crippen molar-refractivity contribution < 1.29 is 47.5 Å². The molecule has 0 saturated heterocycles. The first-order chi connectivity index (χ1) is 30.1. The number of carboxylic acid groups (broad SMARTS) is 1. The summed E-state index contributed by atoms with van der Waals surface area (Å²) in [6, 6.07) is -1.53. The van der Waals surface area contributed by atoms with E-state index in [0.29, 0.717) is 12.8 Å². The molecule has 0 aromatic carbocycles. The number of hydrogen-bond donors (Lipinski definition) is 3. The predicted molar refractivity (Wildman–Crippen MR) is 254 cm³/mol. The molecule has 0 aliphatic carbocycles. The molecule has 0 bridgehead atoms. The Balaban J connectivity index is 4.29. The number of rotatable bonds is 46. The number of nitrogens with two attached hydrogens (primary N) is 1. The number of esters is 2. The molecule has 0 aliphatic heterocycles. The van der Waals surface area contributed by atoms with Crippen molar-refractivity contribution in [2.75, 3.05) is 19.8 Å². The summed E-state index contributed by atoms with van der Waals surface area (Å²) in [6.45, 7) is 2.73. The van der Waals surface area contributed by atoms with E-state index in [1.807, 2.05) is 0 Å². The maximum absolute atomic E-state index is 12.7. The summed E-state index contributed by atoms with van der Waals surface area (Å²) in [7, 11) is -4.73. The van der Waals surface area contributed by atoms with Gasteiger partial charge in [0.15, 0.2) is 6.10 Å². The minimum Gasteiger partial charge on any atom is -0.480 e. The van der Waals surface area contributed by atoms with Crippen LogP contribution in [0.15, 0.2) is 48.6 Å². The summed E-state index contributed by atoms with van der Waals surface area (Å²) in [4.78, 5) is 46.1. The van der Waals surface area contributed by atoms with E-state index in [1.165, 1.54) is 116 Å². The second kappa shape index (κ2) is 45.0. The summed E-state index contributed by atoms with van der Waals surface area (Å²) in [5.74, 6) is -2.41. The fraction of sp³-hybridized carbons (Fsp3) is 0.780. The molecular weight excluding hydrogens is 806 g/mol. The van der Waals surface area contributed by atoms with Gasteiger partial charge in [0.25, 0.3) is 0 Å². The van der Waals surface area contributed by atoms with Crippen molar-refractivity contribution in [2.24, 2.45) is 5.73 Å². The van der Waals surface area contributed by atoms with Crippen molar-refractivity contribution in [2.45, 2.75) is 231 Å².